The van der Waals surface area contributed by atoms with E-state index in [1.165, 1.54) is 24.0 Å². The molecule has 5 nitrogen and oxygen atoms in total. The van der Waals surface area contributed by atoms with Crippen LogP contribution in [0.1, 0.15) is 30.9 Å². The SMILES string of the molecule is CCCCc1ccc(CNc2ccc(-c3ccc4nc(-c5ccc(OC)cc5)oc4c3)cn2)cc1. The van der Waals surface area contributed by atoms with Crippen molar-refractivity contribution in [1.82, 2.24) is 9.97 Å². The van der Waals surface area contributed by atoms with Crippen molar-refractivity contribution >= 4 is 16.9 Å². The number of unbranched alkanes of at least 4 members (excludes halogenated alkanes) is 1. The molecular formula is C30H29N3O2. The van der Waals surface area contributed by atoms with Crippen LogP contribution < -0.4 is 10.1 Å². The number of methoxy groups -OCH3 is 1. The fourth-order valence-electron chi connectivity index (χ4n) is 4.03. The van der Waals surface area contributed by atoms with Crippen LogP contribution >= 0.6 is 0 Å². The van der Waals surface area contributed by atoms with Crippen LogP contribution in [0.3, 0.4) is 0 Å². The normalized spacial score (nSPS) is 11.0. The molecule has 1 N–H and O–H groups in total. The van der Waals surface area contributed by atoms with Crippen molar-refractivity contribution in [2.45, 2.75) is 32.7 Å². The maximum absolute atomic E-state index is 6.05. The van der Waals surface area contributed by atoms with Crippen LogP contribution in [-0.4, -0.2) is 17.1 Å². The zero-order valence-electron chi connectivity index (χ0n) is 20.1. The van der Waals surface area contributed by atoms with Crippen molar-refractivity contribution in [1.29, 1.82) is 0 Å². The number of ether oxygens (including phenoxy) is 1. The minimum absolute atomic E-state index is 0.593. The first-order valence-corrected chi connectivity index (χ1v) is 12.0. The summed E-state index contributed by atoms with van der Waals surface area (Å²) in [7, 11) is 1.65. The first-order valence-electron chi connectivity index (χ1n) is 12.0. The van der Waals surface area contributed by atoms with Crippen molar-refractivity contribution in [2.75, 3.05) is 12.4 Å². The molecule has 0 aliphatic rings. The highest BCUT2D eigenvalue weighted by Crippen LogP contribution is 2.29. The van der Waals surface area contributed by atoms with E-state index in [0.29, 0.717) is 5.89 Å². The summed E-state index contributed by atoms with van der Waals surface area (Å²) in [4.78, 5) is 9.24. The Morgan fingerprint density at radius 2 is 1.57 bits per heavy atom. The Kier molecular flexibility index (Phi) is 6.75. The smallest absolute Gasteiger partial charge is 0.227 e. The molecule has 0 aliphatic carbocycles. The van der Waals surface area contributed by atoms with Crippen LogP contribution in [0.5, 0.6) is 5.75 Å². The molecule has 5 rings (SSSR count). The average molecular weight is 464 g/mol. The third-order valence-corrected chi connectivity index (χ3v) is 6.14. The van der Waals surface area contributed by atoms with Crippen LogP contribution in [0.25, 0.3) is 33.7 Å². The Morgan fingerprint density at radius 3 is 2.29 bits per heavy atom. The maximum atomic E-state index is 6.05. The van der Waals surface area contributed by atoms with E-state index in [1.54, 1.807) is 7.11 Å². The van der Waals surface area contributed by atoms with Gasteiger partial charge in [-0.15, -0.1) is 0 Å². The molecule has 0 atom stereocenters. The Balaban J connectivity index is 1.26. The van der Waals surface area contributed by atoms with Gasteiger partial charge >= 0.3 is 0 Å². The number of nitrogens with one attached hydrogen (secondary N) is 1. The maximum Gasteiger partial charge on any atom is 0.227 e. The van der Waals surface area contributed by atoms with Crippen molar-refractivity contribution in [2.24, 2.45) is 0 Å². The van der Waals surface area contributed by atoms with Gasteiger partial charge in [0.1, 0.15) is 17.1 Å². The van der Waals surface area contributed by atoms with Gasteiger partial charge in [0, 0.05) is 23.9 Å². The number of fused-ring (bicyclic) bond motifs is 1. The van der Waals surface area contributed by atoms with Gasteiger partial charge in [0.05, 0.1) is 7.11 Å². The van der Waals surface area contributed by atoms with Crippen LogP contribution in [0, 0.1) is 0 Å². The third-order valence-electron chi connectivity index (χ3n) is 6.14. The summed E-state index contributed by atoms with van der Waals surface area (Å²) in [5.74, 6) is 2.25. The second kappa shape index (κ2) is 10.4. The second-order valence-corrected chi connectivity index (χ2v) is 8.64. The summed E-state index contributed by atoms with van der Waals surface area (Å²) >= 11 is 0. The Labute approximate surface area is 205 Å². The summed E-state index contributed by atoms with van der Waals surface area (Å²) in [6.45, 7) is 2.97. The van der Waals surface area contributed by atoms with Gasteiger partial charge in [-0.05, 0) is 78.1 Å². The highest BCUT2D eigenvalue weighted by Gasteiger charge is 2.10. The topological polar surface area (TPSA) is 60.2 Å². The largest absolute Gasteiger partial charge is 0.497 e. The highest BCUT2D eigenvalue weighted by atomic mass is 16.5. The van der Waals surface area contributed by atoms with Crippen molar-refractivity contribution in [3.8, 4) is 28.3 Å². The first-order chi connectivity index (χ1) is 17.2. The lowest BCUT2D eigenvalue weighted by molar-refractivity contribution is 0.415. The van der Waals surface area contributed by atoms with Gasteiger partial charge in [-0.25, -0.2) is 9.97 Å². The Bertz CT molecular complexity index is 1390. The summed E-state index contributed by atoms with van der Waals surface area (Å²) < 4.78 is 11.3. The third kappa shape index (κ3) is 5.35. The monoisotopic (exact) mass is 463 g/mol. The van der Waals surface area contributed by atoms with Crippen LogP contribution in [-0.2, 0) is 13.0 Å². The van der Waals surface area contributed by atoms with E-state index in [2.05, 4.69) is 52.5 Å². The van der Waals surface area contributed by atoms with E-state index >= 15 is 0 Å². The quantitative estimate of drug-likeness (QED) is 0.245. The predicted molar refractivity (Wildman–Crippen MR) is 142 cm³/mol. The zero-order valence-corrected chi connectivity index (χ0v) is 20.1. The molecule has 2 heterocycles. The minimum atomic E-state index is 0.593. The molecule has 2 aromatic heterocycles. The zero-order chi connectivity index (χ0) is 24.0. The number of anilines is 1. The number of aryl methyl sites for hydroxylation is 1. The fourth-order valence-corrected chi connectivity index (χ4v) is 4.03. The van der Waals surface area contributed by atoms with E-state index in [1.807, 2.05) is 54.7 Å². The molecule has 5 aromatic rings. The number of oxazole rings is 1. The van der Waals surface area contributed by atoms with Crippen molar-refractivity contribution in [3.05, 3.63) is 96.2 Å². The van der Waals surface area contributed by atoms with Gasteiger partial charge in [-0.3, -0.25) is 0 Å². The molecule has 0 saturated carbocycles. The molecule has 0 fully saturated rings. The number of benzene rings is 3. The van der Waals surface area contributed by atoms with Gasteiger partial charge in [-0.2, -0.15) is 0 Å². The molecule has 0 amide bonds. The summed E-state index contributed by atoms with van der Waals surface area (Å²) in [5, 5.41) is 3.41. The Hall–Kier alpha value is -4.12. The lowest BCUT2D eigenvalue weighted by atomic mass is 10.1. The van der Waals surface area contributed by atoms with E-state index < -0.39 is 0 Å². The standard InChI is InChI=1S/C30H29N3O2/c1-3-4-5-21-6-8-22(9-7-21)19-31-29-17-13-25(20-32-29)24-12-16-27-28(18-24)35-30(33-27)23-10-14-26(34-2)15-11-23/h6-18,20H,3-5,19H2,1-2H3,(H,31,32). The van der Waals surface area contributed by atoms with Gasteiger partial charge < -0.3 is 14.5 Å². The second-order valence-electron chi connectivity index (χ2n) is 8.64. The molecule has 5 heteroatoms. The average Bonchev–Trinajstić information content (AvgIpc) is 3.35. The highest BCUT2D eigenvalue weighted by molar-refractivity contribution is 5.82. The molecule has 35 heavy (non-hydrogen) atoms. The summed E-state index contributed by atoms with van der Waals surface area (Å²) in [6.07, 6.45) is 5.50. The van der Waals surface area contributed by atoms with E-state index in [-0.39, 0.29) is 0 Å². The van der Waals surface area contributed by atoms with Crippen molar-refractivity contribution < 1.29 is 9.15 Å². The molecular weight excluding hydrogens is 434 g/mol. The van der Waals surface area contributed by atoms with Crippen LogP contribution in [0.15, 0.2) is 89.5 Å². The molecule has 3 aromatic carbocycles. The van der Waals surface area contributed by atoms with Gasteiger partial charge in [0.2, 0.25) is 5.89 Å². The van der Waals surface area contributed by atoms with E-state index in [9.17, 15) is 0 Å². The van der Waals surface area contributed by atoms with Gasteiger partial charge in [0.25, 0.3) is 0 Å². The minimum Gasteiger partial charge on any atom is -0.497 e. The van der Waals surface area contributed by atoms with Crippen molar-refractivity contribution in [3.63, 3.8) is 0 Å². The van der Waals surface area contributed by atoms with Gasteiger partial charge in [0.15, 0.2) is 5.58 Å². The Morgan fingerprint density at radius 1 is 0.829 bits per heavy atom. The predicted octanol–water partition coefficient (Wildman–Crippen LogP) is 7.52. The molecule has 0 bridgehead atoms. The summed E-state index contributed by atoms with van der Waals surface area (Å²) in [6, 6.07) is 26.7. The number of pyridine rings is 1. The molecule has 0 aliphatic heterocycles. The number of rotatable bonds is 9. The number of hydrogen-bond acceptors (Lipinski definition) is 5. The molecule has 176 valence electrons. The number of aromatic nitrogens is 2. The van der Waals surface area contributed by atoms with E-state index in [0.717, 1.165) is 52.3 Å². The molecule has 0 radical (unpaired) electrons. The summed E-state index contributed by atoms with van der Waals surface area (Å²) in [5.41, 5.74) is 7.20. The lowest BCUT2D eigenvalue weighted by Gasteiger charge is -2.08. The van der Waals surface area contributed by atoms with Crippen LogP contribution in [0.2, 0.25) is 0 Å². The van der Waals surface area contributed by atoms with Crippen LogP contribution in [0.4, 0.5) is 5.82 Å². The molecule has 0 saturated heterocycles. The molecule has 0 unspecified atom stereocenters. The van der Waals surface area contributed by atoms with Gasteiger partial charge in [-0.1, -0.05) is 43.7 Å². The number of nitrogens with zero attached hydrogens (tertiary/aromatic N) is 2. The number of hydrogen-bond donors (Lipinski definition) is 1. The fraction of sp³-hybridized carbons (Fsp3) is 0.200. The first kappa shape index (κ1) is 22.7. The van der Waals surface area contributed by atoms with E-state index in [4.69, 9.17) is 9.15 Å². The molecule has 0 spiro atoms. The lowest BCUT2D eigenvalue weighted by Crippen LogP contribution is -2.01.